The van der Waals surface area contributed by atoms with E-state index in [1.807, 2.05) is 64.1 Å². The normalized spacial score (nSPS) is 23.3. The molecule has 2 saturated heterocycles. The van der Waals surface area contributed by atoms with Crippen molar-refractivity contribution in [3.8, 4) is 0 Å². The zero-order valence-corrected chi connectivity index (χ0v) is 14.0. The van der Waals surface area contributed by atoms with Gasteiger partial charge in [0.25, 0.3) is 0 Å². The summed E-state index contributed by atoms with van der Waals surface area (Å²) in [6, 6.07) is 9.82. The molecule has 2 heterocycles. The second-order valence-electron chi connectivity index (χ2n) is 6.83. The molecule has 2 aliphatic heterocycles. The molecule has 0 unspecified atom stereocenters. The molecular formula is C17H22BNO4. The number of cyclic esters (lactones) is 1. The molecule has 0 spiro atoms. The third-order valence-corrected chi connectivity index (χ3v) is 4.68. The molecule has 1 amide bonds. The van der Waals surface area contributed by atoms with E-state index in [2.05, 4.69) is 0 Å². The lowest BCUT2D eigenvalue weighted by Gasteiger charge is -2.32. The van der Waals surface area contributed by atoms with Gasteiger partial charge >= 0.3 is 13.2 Å². The van der Waals surface area contributed by atoms with Crippen molar-refractivity contribution in [1.29, 1.82) is 0 Å². The summed E-state index contributed by atoms with van der Waals surface area (Å²) in [4.78, 5) is 13.6. The molecule has 0 aliphatic carbocycles. The Kier molecular flexibility index (Phi) is 3.98. The van der Waals surface area contributed by atoms with Crippen LogP contribution in [0.15, 0.2) is 35.9 Å². The number of benzene rings is 1. The SMILES string of the molecule is CC1(C)OB(/C(=C/c2ccccc2)N2CCOC2=O)OC1(C)C. The van der Waals surface area contributed by atoms with Gasteiger partial charge in [0.05, 0.1) is 23.3 Å². The first kappa shape index (κ1) is 16.1. The zero-order chi connectivity index (χ0) is 16.7. The lowest BCUT2D eigenvalue weighted by molar-refractivity contribution is 0.00578. The summed E-state index contributed by atoms with van der Waals surface area (Å²) in [5.41, 5.74) is 0.739. The fourth-order valence-corrected chi connectivity index (χ4v) is 2.58. The maximum atomic E-state index is 12.0. The number of rotatable bonds is 3. The summed E-state index contributed by atoms with van der Waals surface area (Å²) < 4.78 is 17.3. The Morgan fingerprint density at radius 2 is 1.74 bits per heavy atom. The number of amides is 1. The first-order valence-electron chi connectivity index (χ1n) is 7.87. The highest BCUT2D eigenvalue weighted by Crippen LogP contribution is 2.39. The minimum atomic E-state index is -0.606. The van der Waals surface area contributed by atoms with Gasteiger partial charge in [-0.05, 0) is 39.3 Å². The maximum Gasteiger partial charge on any atom is 0.512 e. The van der Waals surface area contributed by atoms with Gasteiger partial charge < -0.3 is 14.0 Å². The Balaban J connectivity index is 1.97. The van der Waals surface area contributed by atoms with E-state index in [0.717, 1.165) is 5.56 Å². The summed E-state index contributed by atoms with van der Waals surface area (Å²) >= 11 is 0. The molecule has 3 rings (SSSR count). The van der Waals surface area contributed by atoms with Crippen molar-refractivity contribution in [2.24, 2.45) is 0 Å². The van der Waals surface area contributed by atoms with Gasteiger partial charge in [0.2, 0.25) is 0 Å². The molecule has 1 aromatic carbocycles. The van der Waals surface area contributed by atoms with Gasteiger partial charge in [-0.25, -0.2) is 4.79 Å². The average Bonchev–Trinajstić information content (AvgIpc) is 2.99. The highest BCUT2D eigenvalue weighted by atomic mass is 16.7. The molecule has 5 nitrogen and oxygen atoms in total. The van der Waals surface area contributed by atoms with Crippen molar-refractivity contribution >= 4 is 19.3 Å². The molecule has 122 valence electrons. The molecule has 0 atom stereocenters. The first-order valence-corrected chi connectivity index (χ1v) is 7.87. The molecule has 0 bridgehead atoms. The Morgan fingerprint density at radius 3 is 2.26 bits per heavy atom. The molecule has 2 aliphatic rings. The minimum Gasteiger partial charge on any atom is -0.447 e. The van der Waals surface area contributed by atoms with E-state index in [1.165, 1.54) is 0 Å². The van der Waals surface area contributed by atoms with Crippen molar-refractivity contribution in [2.45, 2.75) is 38.9 Å². The van der Waals surface area contributed by atoms with Crippen LogP contribution in [-0.2, 0) is 14.0 Å². The van der Waals surface area contributed by atoms with Crippen LogP contribution < -0.4 is 0 Å². The third kappa shape index (κ3) is 3.01. The van der Waals surface area contributed by atoms with Gasteiger partial charge in [0.15, 0.2) is 0 Å². The van der Waals surface area contributed by atoms with Crippen molar-refractivity contribution in [3.05, 3.63) is 41.5 Å². The standard InChI is InChI=1S/C17H22BNO4/c1-16(2)17(3,4)23-18(22-16)14(19-10-11-21-15(19)20)12-13-8-6-5-7-9-13/h5-9,12H,10-11H2,1-4H3/b14-12-. The molecule has 6 heteroatoms. The predicted molar refractivity (Wildman–Crippen MR) is 88.6 cm³/mol. The largest absolute Gasteiger partial charge is 0.512 e. The lowest BCUT2D eigenvalue weighted by Crippen LogP contribution is -2.41. The Morgan fingerprint density at radius 1 is 1.13 bits per heavy atom. The molecule has 0 aromatic heterocycles. The number of hydrogen-bond donors (Lipinski definition) is 0. The molecule has 2 fully saturated rings. The van der Waals surface area contributed by atoms with E-state index >= 15 is 0 Å². The van der Waals surface area contributed by atoms with Crippen LogP contribution >= 0.6 is 0 Å². The maximum absolute atomic E-state index is 12.0. The van der Waals surface area contributed by atoms with E-state index in [1.54, 1.807) is 4.90 Å². The summed E-state index contributed by atoms with van der Waals surface area (Å²) in [5.74, 6) is 0. The fraction of sp³-hybridized carbons (Fsp3) is 0.471. The molecule has 1 aromatic rings. The van der Waals surface area contributed by atoms with Crippen LogP contribution in [0, 0.1) is 0 Å². The highest BCUT2D eigenvalue weighted by Gasteiger charge is 2.54. The van der Waals surface area contributed by atoms with Crippen LogP contribution in [0.2, 0.25) is 0 Å². The second-order valence-corrected chi connectivity index (χ2v) is 6.83. The molecule has 0 N–H and O–H groups in total. The second kappa shape index (κ2) is 5.69. The molecule has 23 heavy (non-hydrogen) atoms. The van der Waals surface area contributed by atoms with Crippen molar-refractivity contribution in [2.75, 3.05) is 13.2 Å². The Hall–Kier alpha value is -1.79. The Labute approximate surface area is 137 Å². The van der Waals surface area contributed by atoms with E-state index in [0.29, 0.717) is 18.7 Å². The lowest BCUT2D eigenvalue weighted by atomic mass is 9.82. The Bertz CT molecular complexity index is 611. The van der Waals surface area contributed by atoms with Gasteiger partial charge in [-0.1, -0.05) is 30.3 Å². The first-order chi connectivity index (χ1) is 10.8. The van der Waals surface area contributed by atoms with E-state index in [9.17, 15) is 4.79 Å². The predicted octanol–water partition coefficient (Wildman–Crippen LogP) is 3.11. The van der Waals surface area contributed by atoms with Crippen LogP contribution in [0.5, 0.6) is 0 Å². The number of carbonyl (C=O) groups excluding carboxylic acids is 1. The summed E-state index contributed by atoms with van der Waals surface area (Å²) in [6.45, 7) is 8.86. The minimum absolute atomic E-state index is 0.359. The van der Waals surface area contributed by atoms with Gasteiger partial charge in [-0.3, -0.25) is 4.90 Å². The quantitative estimate of drug-likeness (QED) is 0.804. The summed E-state index contributed by atoms with van der Waals surface area (Å²) in [5, 5.41) is 0. The summed E-state index contributed by atoms with van der Waals surface area (Å²) in [6.07, 6.45) is 1.57. The van der Waals surface area contributed by atoms with Crippen molar-refractivity contribution in [1.82, 2.24) is 4.90 Å². The van der Waals surface area contributed by atoms with Gasteiger partial charge in [0.1, 0.15) is 6.61 Å². The van der Waals surface area contributed by atoms with Crippen LogP contribution in [0.25, 0.3) is 6.08 Å². The highest BCUT2D eigenvalue weighted by molar-refractivity contribution is 6.55. The van der Waals surface area contributed by atoms with E-state index < -0.39 is 18.3 Å². The van der Waals surface area contributed by atoms with Crippen LogP contribution in [0.4, 0.5) is 4.79 Å². The van der Waals surface area contributed by atoms with Gasteiger partial charge in [0, 0.05) is 0 Å². The number of hydrogen-bond acceptors (Lipinski definition) is 4. The van der Waals surface area contributed by atoms with Crippen molar-refractivity contribution in [3.63, 3.8) is 0 Å². The topological polar surface area (TPSA) is 48.0 Å². The zero-order valence-electron chi connectivity index (χ0n) is 14.0. The van der Waals surface area contributed by atoms with Crippen molar-refractivity contribution < 1.29 is 18.8 Å². The number of carbonyl (C=O) groups is 1. The van der Waals surface area contributed by atoms with Crippen LogP contribution in [-0.4, -0.2) is 42.5 Å². The third-order valence-electron chi connectivity index (χ3n) is 4.68. The van der Waals surface area contributed by atoms with E-state index in [4.69, 9.17) is 14.0 Å². The van der Waals surface area contributed by atoms with Gasteiger partial charge in [-0.15, -0.1) is 0 Å². The van der Waals surface area contributed by atoms with E-state index in [-0.39, 0.29) is 6.09 Å². The number of nitrogens with zero attached hydrogens (tertiary/aromatic N) is 1. The monoisotopic (exact) mass is 315 g/mol. The van der Waals surface area contributed by atoms with Crippen LogP contribution in [0.1, 0.15) is 33.3 Å². The fourth-order valence-electron chi connectivity index (χ4n) is 2.58. The molecule has 0 radical (unpaired) electrons. The smallest absolute Gasteiger partial charge is 0.447 e. The average molecular weight is 315 g/mol. The van der Waals surface area contributed by atoms with Crippen LogP contribution in [0.3, 0.4) is 0 Å². The van der Waals surface area contributed by atoms with Gasteiger partial charge in [-0.2, -0.15) is 0 Å². The molecule has 0 saturated carbocycles. The number of ether oxygens (including phenoxy) is 1. The molecular weight excluding hydrogens is 293 g/mol. The summed E-state index contributed by atoms with van der Waals surface area (Å²) in [7, 11) is -0.606.